The lowest BCUT2D eigenvalue weighted by Gasteiger charge is -2.40. The first kappa shape index (κ1) is 26.4. The first-order chi connectivity index (χ1) is 10.8. The first-order valence-electron chi connectivity index (χ1n) is 10.4. The summed E-state index contributed by atoms with van der Waals surface area (Å²) >= 11 is 0. The minimum Gasteiger partial charge on any atom is -1.00 e. The fourth-order valence-electron chi connectivity index (χ4n) is 2.98. The van der Waals surface area contributed by atoms with Gasteiger partial charge in [-0.1, -0.05) is 84.0 Å². The van der Waals surface area contributed by atoms with E-state index in [4.69, 9.17) is 0 Å². The Morgan fingerprint density at radius 1 is 0.625 bits per heavy atom. The molecule has 0 rings (SSSR count). The molecule has 1 N–H and O–H groups in total. The largest absolute Gasteiger partial charge is 1.00 e. The second-order valence-electron chi connectivity index (χ2n) is 8.50. The number of quaternary nitrogens is 1. The van der Waals surface area contributed by atoms with E-state index in [1.807, 2.05) is 13.8 Å². The van der Waals surface area contributed by atoms with Crippen molar-refractivity contribution in [2.24, 2.45) is 0 Å². The minimum atomic E-state index is -0.628. The van der Waals surface area contributed by atoms with E-state index in [1.165, 1.54) is 89.9 Å². The van der Waals surface area contributed by atoms with E-state index in [9.17, 15) is 5.11 Å². The van der Waals surface area contributed by atoms with Crippen LogP contribution in [0.15, 0.2) is 0 Å². The summed E-state index contributed by atoms with van der Waals surface area (Å²) in [6, 6.07) is 0. The highest BCUT2D eigenvalue weighted by Crippen LogP contribution is 2.18. The van der Waals surface area contributed by atoms with Crippen LogP contribution in [-0.4, -0.2) is 36.0 Å². The molecule has 0 aliphatic rings. The van der Waals surface area contributed by atoms with E-state index < -0.39 is 5.72 Å². The summed E-state index contributed by atoms with van der Waals surface area (Å²) in [5.41, 5.74) is -0.628. The zero-order chi connectivity index (χ0) is 17.6. The summed E-state index contributed by atoms with van der Waals surface area (Å²) in [7, 11) is 4.25. The third kappa shape index (κ3) is 14.5. The van der Waals surface area contributed by atoms with E-state index in [0.29, 0.717) is 4.48 Å². The maximum Gasteiger partial charge on any atom is 0.194 e. The molecular formula is C21H46ClNO. The van der Waals surface area contributed by atoms with Gasteiger partial charge in [-0.3, -0.25) is 0 Å². The summed E-state index contributed by atoms with van der Waals surface area (Å²) in [5, 5.41) is 10.1. The number of halogens is 1. The Morgan fingerprint density at radius 2 is 0.917 bits per heavy atom. The van der Waals surface area contributed by atoms with Crippen LogP contribution < -0.4 is 12.4 Å². The molecule has 0 aliphatic carbocycles. The van der Waals surface area contributed by atoms with Crippen LogP contribution in [-0.2, 0) is 0 Å². The lowest BCUT2D eigenvalue weighted by molar-refractivity contribution is -0.962. The van der Waals surface area contributed by atoms with Crippen LogP contribution in [0.5, 0.6) is 0 Å². The molecule has 0 saturated heterocycles. The highest BCUT2D eigenvalue weighted by molar-refractivity contribution is 4.53. The number of hydrogen-bond donors (Lipinski definition) is 1. The van der Waals surface area contributed by atoms with Crippen LogP contribution in [0.1, 0.15) is 111 Å². The summed E-state index contributed by atoms with van der Waals surface area (Å²) < 4.78 is 0.700. The van der Waals surface area contributed by atoms with E-state index in [1.54, 1.807) is 0 Å². The van der Waals surface area contributed by atoms with Gasteiger partial charge in [0.25, 0.3) is 0 Å². The Kier molecular flexibility index (Phi) is 17.0. The topological polar surface area (TPSA) is 20.2 Å². The van der Waals surface area contributed by atoms with Gasteiger partial charge in [0, 0.05) is 13.8 Å². The van der Waals surface area contributed by atoms with Crippen molar-refractivity contribution in [2.75, 3.05) is 20.6 Å². The molecule has 0 spiro atoms. The zero-order valence-corrected chi connectivity index (χ0v) is 18.1. The maximum absolute atomic E-state index is 10.1. The average Bonchev–Trinajstić information content (AvgIpc) is 2.46. The highest BCUT2D eigenvalue weighted by atomic mass is 35.5. The first-order valence-corrected chi connectivity index (χ1v) is 10.4. The smallest absolute Gasteiger partial charge is 0.194 e. The molecule has 0 saturated carbocycles. The lowest BCUT2D eigenvalue weighted by Crippen LogP contribution is -3.00. The highest BCUT2D eigenvalue weighted by Gasteiger charge is 2.32. The van der Waals surface area contributed by atoms with Crippen LogP contribution in [0.4, 0.5) is 0 Å². The van der Waals surface area contributed by atoms with Gasteiger partial charge < -0.3 is 22.0 Å². The molecule has 0 fully saturated rings. The second-order valence-corrected chi connectivity index (χ2v) is 8.50. The molecule has 0 aliphatic heterocycles. The summed E-state index contributed by atoms with van der Waals surface area (Å²) in [6.45, 7) is 7.18. The van der Waals surface area contributed by atoms with Crippen LogP contribution in [0, 0.1) is 0 Å². The van der Waals surface area contributed by atoms with Gasteiger partial charge in [-0.25, -0.2) is 0 Å². The van der Waals surface area contributed by atoms with Crippen molar-refractivity contribution < 1.29 is 22.0 Å². The van der Waals surface area contributed by atoms with Crippen molar-refractivity contribution in [3.63, 3.8) is 0 Å². The zero-order valence-electron chi connectivity index (χ0n) is 17.4. The molecule has 2 nitrogen and oxygen atoms in total. The van der Waals surface area contributed by atoms with Crippen LogP contribution >= 0.6 is 0 Å². The molecule has 24 heavy (non-hydrogen) atoms. The van der Waals surface area contributed by atoms with Crippen LogP contribution in [0.2, 0.25) is 0 Å². The van der Waals surface area contributed by atoms with Crippen molar-refractivity contribution in [1.29, 1.82) is 0 Å². The number of nitrogens with zero attached hydrogens (tertiary/aromatic N) is 1. The Morgan fingerprint density at radius 3 is 1.21 bits per heavy atom. The van der Waals surface area contributed by atoms with E-state index in [2.05, 4.69) is 21.0 Å². The summed E-state index contributed by atoms with van der Waals surface area (Å²) in [4.78, 5) is 0. The molecule has 148 valence electrons. The van der Waals surface area contributed by atoms with Gasteiger partial charge >= 0.3 is 0 Å². The fourth-order valence-corrected chi connectivity index (χ4v) is 2.98. The van der Waals surface area contributed by atoms with Gasteiger partial charge in [-0.2, -0.15) is 0 Å². The second kappa shape index (κ2) is 15.5. The molecular weight excluding hydrogens is 318 g/mol. The van der Waals surface area contributed by atoms with Gasteiger partial charge in [-0.15, -0.1) is 0 Å². The molecule has 0 atom stereocenters. The van der Waals surface area contributed by atoms with Crippen molar-refractivity contribution in [1.82, 2.24) is 0 Å². The van der Waals surface area contributed by atoms with Crippen LogP contribution in [0.3, 0.4) is 0 Å². The van der Waals surface area contributed by atoms with Gasteiger partial charge in [-0.05, 0) is 12.8 Å². The number of unbranched alkanes of at least 4 members (excludes halogenated alkanes) is 13. The SMILES string of the molecule is CCCCCCCCCCCCCCCC[N+](C)(C)C(C)(C)O.[Cl-]. The van der Waals surface area contributed by atoms with Crippen molar-refractivity contribution >= 4 is 0 Å². The number of rotatable bonds is 16. The Labute approximate surface area is 159 Å². The van der Waals surface area contributed by atoms with Gasteiger partial charge in [0.2, 0.25) is 0 Å². The molecule has 0 radical (unpaired) electrons. The molecule has 0 aromatic rings. The Hall–Kier alpha value is 0.210. The molecule has 0 heterocycles. The van der Waals surface area contributed by atoms with Gasteiger partial charge in [0.1, 0.15) is 0 Å². The predicted octanol–water partition coefficient (Wildman–Crippen LogP) is 3.28. The molecule has 0 aromatic heterocycles. The van der Waals surface area contributed by atoms with Crippen molar-refractivity contribution in [3.8, 4) is 0 Å². The summed E-state index contributed by atoms with van der Waals surface area (Å²) in [5.74, 6) is 0. The van der Waals surface area contributed by atoms with Crippen molar-refractivity contribution in [2.45, 2.75) is 116 Å². The molecule has 3 heteroatoms. The third-order valence-electron chi connectivity index (χ3n) is 5.55. The van der Waals surface area contributed by atoms with Crippen molar-refractivity contribution in [3.05, 3.63) is 0 Å². The molecule has 0 bridgehead atoms. The monoisotopic (exact) mass is 363 g/mol. The van der Waals surface area contributed by atoms with Gasteiger partial charge in [0.05, 0.1) is 20.6 Å². The fraction of sp³-hybridized carbons (Fsp3) is 1.00. The third-order valence-corrected chi connectivity index (χ3v) is 5.55. The minimum absolute atomic E-state index is 0. The molecule has 0 unspecified atom stereocenters. The van der Waals surface area contributed by atoms with E-state index in [-0.39, 0.29) is 12.4 Å². The standard InChI is InChI=1S/C21H46NO.ClH/c1-6-7-8-9-10-11-12-13-14-15-16-17-18-19-20-22(4,5)21(2,3)23;/h23H,6-20H2,1-5H3;1H/q+1;/p-1. The normalized spacial score (nSPS) is 12.2. The predicted molar refractivity (Wildman–Crippen MR) is 104 cm³/mol. The quantitative estimate of drug-likeness (QED) is 0.253. The van der Waals surface area contributed by atoms with E-state index >= 15 is 0 Å². The van der Waals surface area contributed by atoms with Crippen LogP contribution in [0.25, 0.3) is 0 Å². The maximum atomic E-state index is 10.1. The number of aliphatic hydroxyl groups is 1. The molecule has 0 amide bonds. The number of hydrogen-bond acceptors (Lipinski definition) is 1. The van der Waals surface area contributed by atoms with Gasteiger partial charge in [0.15, 0.2) is 5.72 Å². The Bertz CT molecular complexity index is 261. The Balaban J connectivity index is 0. The molecule has 0 aromatic carbocycles. The summed E-state index contributed by atoms with van der Waals surface area (Å²) in [6.07, 6.45) is 19.6. The van der Waals surface area contributed by atoms with E-state index in [0.717, 1.165) is 6.54 Å². The average molecular weight is 364 g/mol. The lowest BCUT2D eigenvalue weighted by atomic mass is 10.0.